The zero-order valence-corrected chi connectivity index (χ0v) is 12.5. The molecule has 2 aromatic carbocycles. The Morgan fingerprint density at radius 2 is 1.55 bits per heavy atom. The number of aryl methyl sites for hydroxylation is 2. The normalized spacial score (nSPS) is 11.2. The zero-order valence-electron chi connectivity index (χ0n) is 12.5. The van der Waals surface area contributed by atoms with Crippen LogP contribution in [-0.2, 0) is 0 Å². The van der Waals surface area contributed by atoms with Gasteiger partial charge >= 0.3 is 0 Å². The number of nitrogens with one attached hydrogen (secondary N) is 1. The van der Waals surface area contributed by atoms with E-state index in [4.69, 9.17) is 0 Å². The number of hydrogen-bond donors (Lipinski definition) is 2. The Balaban J connectivity index is 1.95. The number of nitrogens with zero attached hydrogens (tertiary/aromatic N) is 2. The monoisotopic (exact) mass is 291 g/mol. The molecule has 1 heterocycles. The maximum absolute atomic E-state index is 10.4. The molecule has 1 aromatic heterocycles. The van der Waals surface area contributed by atoms with Gasteiger partial charge < -0.3 is 10.1 Å². The molecule has 3 rings (SSSR count). The Hall–Kier alpha value is -2.88. The van der Waals surface area contributed by atoms with Gasteiger partial charge in [-0.2, -0.15) is 5.11 Å². The number of H-pyrrole nitrogens is 1. The third kappa shape index (κ3) is 2.76. The molecule has 0 atom stereocenters. The quantitative estimate of drug-likeness (QED) is 0.622. The van der Waals surface area contributed by atoms with Crippen LogP contribution in [0.4, 0.5) is 11.4 Å². The second kappa shape index (κ2) is 5.85. The highest BCUT2D eigenvalue weighted by Gasteiger charge is 2.15. The topological polar surface area (TPSA) is 60.7 Å². The van der Waals surface area contributed by atoms with E-state index in [0.717, 1.165) is 16.9 Å². The van der Waals surface area contributed by atoms with Gasteiger partial charge in [-0.3, -0.25) is 0 Å². The van der Waals surface area contributed by atoms with Gasteiger partial charge in [0.2, 0.25) is 0 Å². The van der Waals surface area contributed by atoms with Crippen LogP contribution in [0, 0.1) is 13.8 Å². The van der Waals surface area contributed by atoms with Crippen LogP contribution < -0.4 is 0 Å². The standard InChI is InChI=1S/C18H17N3O/c1-12-8-10-15(11-9-12)20-21-16-13(2)19-17(18(16)22)14-6-4-3-5-7-14/h3-11,19,22H,1-2H3. The van der Waals surface area contributed by atoms with Gasteiger partial charge in [-0.05, 0) is 26.0 Å². The fourth-order valence-electron chi connectivity index (χ4n) is 2.26. The van der Waals surface area contributed by atoms with Crippen LogP contribution in [0.25, 0.3) is 11.3 Å². The first-order valence-electron chi connectivity index (χ1n) is 7.10. The number of aromatic nitrogens is 1. The largest absolute Gasteiger partial charge is 0.504 e. The molecule has 110 valence electrons. The van der Waals surface area contributed by atoms with Crippen molar-refractivity contribution >= 4 is 11.4 Å². The summed E-state index contributed by atoms with van der Waals surface area (Å²) in [5, 5.41) is 18.8. The SMILES string of the molecule is Cc1ccc(N=Nc2c(C)[nH]c(-c3ccccc3)c2O)cc1. The number of aromatic hydroxyl groups is 1. The molecule has 3 aromatic rings. The van der Waals surface area contributed by atoms with Crippen molar-refractivity contribution in [1.82, 2.24) is 4.98 Å². The summed E-state index contributed by atoms with van der Waals surface area (Å²) in [6.45, 7) is 3.89. The van der Waals surface area contributed by atoms with Crippen LogP contribution in [0.15, 0.2) is 64.8 Å². The van der Waals surface area contributed by atoms with E-state index in [1.54, 1.807) is 0 Å². The fraction of sp³-hybridized carbons (Fsp3) is 0.111. The lowest BCUT2D eigenvalue weighted by Gasteiger charge is -1.98. The van der Waals surface area contributed by atoms with Gasteiger partial charge in [0.1, 0.15) is 5.69 Å². The number of hydrogen-bond acceptors (Lipinski definition) is 3. The summed E-state index contributed by atoms with van der Waals surface area (Å²) in [7, 11) is 0. The van der Waals surface area contributed by atoms with Gasteiger partial charge in [0.25, 0.3) is 0 Å². The van der Waals surface area contributed by atoms with Crippen molar-refractivity contribution in [2.75, 3.05) is 0 Å². The minimum atomic E-state index is 0.125. The lowest BCUT2D eigenvalue weighted by atomic mass is 10.1. The molecule has 0 fully saturated rings. The predicted octanol–water partition coefficient (Wildman–Crippen LogP) is 5.42. The van der Waals surface area contributed by atoms with E-state index in [-0.39, 0.29) is 5.75 Å². The van der Waals surface area contributed by atoms with Crippen molar-refractivity contribution in [2.24, 2.45) is 10.2 Å². The van der Waals surface area contributed by atoms with E-state index < -0.39 is 0 Å². The van der Waals surface area contributed by atoms with Crippen LogP contribution in [-0.4, -0.2) is 10.1 Å². The van der Waals surface area contributed by atoms with Gasteiger partial charge in [0.05, 0.1) is 11.4 Å². The Labute approximate surface area is 129 Å². The smallest absolute Gasteiger partial charge is 0.169 e. The number of aromatic amines is 1. The summed E-state index contributed by atoms with van der Waals surface area (Å²) >= 11 is 0. The van der Waals surface area contributed by atoms with Crippen molar-refractivity contribution in [3.05, 3.63) is 65.9 Å². The van der Waals surface area contributed by atoms with E-state index in [1.165, 1.54) is 5.56 Å². The van der Waals surface area contributed by atoms with Gasteiger partial charge in [0, 0.05) is 11.3 Å². The molecule has 0 amide bonds. The molecule has 0 spiro atoms. The van der Waals surface area contributed by atoms with Crippen LogP contribution in [0.5, 0.6) is 5.75 Å². The molecule has 4 nitrogen and oxygen atoms in total. The van der Waals surface area contributed by atoms with Crippen molar-refractivity contribution in [2.45, 2.75) is 13.8 Å². The molecule has 2 N–H and O–H groups in total. The van der Waals surface area contributed by atoms with Gasteiger partial charge in [-0.15, -0.1) is 5.11 Å². The molecule has 0 bridgehead atoms. The first-order chi connectivity index (χ1) is 10.6. The summed E-state index contributed by atoms with van der Waals surface area (Å²) < 4.78 is 0. The third-order valence-corrected chi connectivity index (χ3v) is 3.49. The molecule has 22 heavy (non-hydrogen) atoms. The average Bonchev–Trinajstić information content (AvgIpc) is 2.82. The molecule has 0 radical (unpaired) electrons. The van der Waals surface area contributed by atoms with Gasteiger partial charge in [-0.1, -0.05) is 48.0 Å². The molecule has 0 aliphatic rings. The van der Waals surface area contributed by atoms with E-state index >= 15 is 0 Å². The van der Waals surface area contributed by atoms with Crippen LogP contribution in [0.2, 0.25) is 0 Å². The highest BCUT2D eigenvalue weighted by molar-refractivity contribution is 5.75. The summed E-state index contributed by atoms with van der Waals surface area (Å²) in [6, 6.07) is 17.4. The molecule has 0 saturated carbocycles. The summed E-state index contributed by atoms with van der Waals surface area (Å²) in [6.07, 6.45) is 0. The maximum atomic E-state index is 10.4. The van der Waals surface area contributed by atoms with Crippen molar-refractivity contribution < 1.29 is 5.11 Å². The Bertz CT molecular complexity index is 802. The molecular formula is C18H17N3O. The van der Waals surface area contributed by atoms with Crippen molar-refractivity contribution in [3.8, 4) is 17.0 Å². The second-order valence-electron chi connectivity index (χ2n) is 5.22. The molecular weight excluding hydrogens is 274 g/mol. The van der Waals surface area contributed by atoms with Crippen LogP contribution in [0.1, 0.15) is 11.3 Å². The Kier molecular flexibility index (Phi) is 3.74. The third-order valence-electron chi connectivity index (χ3n) is 3.49. The predicted molar refractivity (Wildman–Crippen MR) is 88.0 cm³/mol. The molecule has 0 saturated heterocycles. The lowest BCUT2D eigenvalue weighted by molar-refractivity contribution is 0.479. The van der Waals surface area contributed by atoms with Crippen molar-refractivity contribution in [3.63, 3.8) is 0 Å². The van der Waals surface area contributed by atoms with Gasteiger partial charge in [-0.25, -0.2) is 0 Å². The first kappa shape index (κ1) is 14.1. The van der Waals surface area contributed by atoms with E-state index in [9.17, 15) is 5.11 Å². The fourth-order valence-corrected chi connectivity index (χ4v) is 2.26. The van der Waals surface area contributed by atoms with E-state index in [0.29, 0.717) is 11.4 Å². The highest BCUT2D eigenvalue weighted by Crippen LogP contribution is 2.40. The Morgan fingerprint density at radius 3 is 2.23 bits per heavy atom. The second-order valence-corrected chi connectivity index (χ2v) is 5.22. The number of rotatable bonds is 3. The number of azo groups is 1. The average molecular weight is 291 g/mol. The minimum Gasteiger partial charge on any atom is -0.504 e. The summed E-state index contributed by atoms with van der Waals surface area (Å²) in [4.78, 5) is 3.17. The molecule has 0 aliphatic carbocycles. The molecule has 0 aliphatic heterocycles. The summed E-state index contributed by atoms with van der Waals surface area (Å²) in [5.74, 6) is 0.125. The van der Waals surface area contributed by atoms with Crippen LogP contribution >= 0.6 is 0 Å². The van der Waals surface area contributed by atoms with Crippen LogP contribution in [0.3, 0.4) is 0 Å². The molecule has 4 heteroatoms. The van der Waals surface area contributed by atoms with E-state index in [2.05, 4.69) is 15.2 Å². The highest BCUT2D eigenvalue weighted by atomic mass is 16.3. The number of benzene rings is 2. The maximum Gasteiger partial charge on any atom is 0.169 e. The first-order valence-corrected chi connectivity index (χ1v) is 7.10. The zero-order chi connectivity index (χ0) is 15.5. The summed E-state index contributed by atoms with van der Waals surface area (Å²) in [5.41, 5.74) is 4.76. The van der Waals surface area contributed by atoms with Crippen molar-refractivity contribution in [1.29, 1.82) is 0 Å². The Morgan fingerprint density at radius 1 is 0.864 bits per heavy atom. The van der Waals surface area contributed by atoms with E-state index in [1.807, 2.05) is 68.4 Å². The minimum absolute atomic E-state index is 0.125. The molecule has 0 unspecified atom stereocenters. The van der Waals surface area contributed by atoms with Gasteiger partial charge in [0.15, 0.2) is 5.75 Å². The lowest BCUT2D eigenvalue weighted by Crippen LogP contribution is -1.77.